The fourth-order valence-electron chi connectivity index (χ4n) is 2.63. The van der Waals surface area contributed by atoms with Crippen LogP contribution in [-0.2, 0) is 4.74 Å². The van der Waals surface area contributed by atoms with Crippen molar-refractivity contribution in [2.75, 3.05) is 36.9 Å². The smallest absolute Gasteiger partial charge is 0.136 e. The molecule has 0 aromatic carbocycles. The average molecular weight is 278 g/mol. The maximum Gasteiger partial charge on any atom is 0.136 e. The number of piperidine rings is 1. The van der Waals surface area contributed by atoms with Crippen molar-refractivity contribution in [3.63, 3.8) is 0 Å². The summed E-state index contributed by atoms with van der Waals surface area (Å²) in [5, 5.41) is 8.78. The molecule has 2 heterocycles. The summed E-state index contributed by atoms with van der Waals surface area (Å²) in [5.74, 6) is 2.93. The molecule has 1 saturated heterocycles. The highest BCUT2D eigenvalue weighted by atomic mass is 16.5. The maximum absolute atomic E-state index is 8.78. The highest BCUT2D eigenvalue weighted by Crippen LogP contribution is 2.39. The summed E-state index contributed by atoms with van der Waals surface area (Å²) in [4.78, 5) is 11.2. The van der Waals surface area contributed by atoms with Gasteiger partial charge in [0.25, 0.3) is 0 Å². The van der Waals surface area contributed by atoms with Gasteiger partial charge < -0.3 is 20.5 Å². The van der Waals surface area contributed by atoms with Crippen LogP contribution in [0.3, 0.4) is 0 Å². The van der Waals surface area contributed by atoms with E-state index in [-0.39, 0.29) is 12.7 Å². The van der Waals surface area contributed by atoms with Crippen LogP contribution >= 0.6 is 0 Å². The van der Waals surface area contributed by atoms with Crippen molar-refractivity contribution in [1.29, 1.82) is 0 Å². The fraction of sp³-hybridized carbons (Fsp3) is 0.714. The Morgan fingerprint density at radius 3 is 2.65 bits per heavy atom. The predicted octanol–water partition coefficient (Wildman–Crippen LogP) is 0.914. The van der Waals surface area contributed by atoms with Crippen LogP contribution in [0.5, 0.6) is 0 Å². The van der Waals surface area contributed by atoms with E-state index >= 15 is 0 Å². The lowest BCUT2D eigenvalue weighted by molar-refractivity contribution is 0.0158. The second-order valence-electron chi connectivity index (χ2n) is 5.56. The lowest BCUT2D eigenvalue weighted by Crippen LogP contribution is -2.38. The van der Waals surface area contributed by atoms with Gasteiger partial charge in [-0.1, -0.05) is 0 Å². The summed E-state index contributed by atoms with van der Waals surface area (Å²) >= 11 is 0. The number of hydrogen-bond donors (Lipinski definition) is 2. The third-order valence-electron chi connectivity index (χ3n) is 3.90. The number of anilines is 2. The van der Waals surface area contributed by atoms with Gasteiger partial charge in [0.05, 0.1) is 19.3 Å². The molecular formula is C14H22N4O2. The Balaban J connectivity index is 1.62. The van der Waals surface area contributed by atoms with Gasteiger partial charge >= 0.3 is 0 Å². The van der Waals surface area contributed by atoms with Gasteiger partial charge in [0.15, 0.2) is 0 Å². The van der Waals surface area contributed by atoms with E-state index in [4.69, 9.17) is 15.6 Å². The highest BCUT2D eigenvalue weighted by molar-refractivity contribution is 5.48. The van der Waals surface area contributed by atoms with E-state index in [1.54, 1.807) is 0 Å². The van der Waals surface area contributed by atoms with Crippen molar-refractivity contribution in [2.24, 2.45) is 0 Å². The number of hydrogen-bond acceptors (Lipinski definition) is 6. The summed E-state index contributed by atoms with van der Waals surface area (Å²) < 4.78 is 5.58. The third kappa shape index (κ3) is 3.19. The van der Waals surface area contributed by atoms with Crippen LogP contribution < -0.4 is 10.6 Å². The molecule has 1 aromatic rings. The van der Waals surface area contributed by atoms with Crippen molar-refractivity contribution >= 4 is 11.6 Å². The van der Waals surface area contributed by atoms with Crippen LogP contribution in [0.15, 0.2) is 6.07 Å². The highest BCUT2D eigenvalue weighted by Gasteiger charge is 2.28. The normalized spacial score (nSPS) is 20.4. The molecule has 6 heteroatoms. The summed E-state index contributed by atoms with van der Waals surface area (Å²) in [7, 11) is 0. The van der Waals surface area contributed by atoms with Gasteiger partial charge in [-0.15, -0.1) is 0 Å². The number of nitrogens with zero attached hydrogens (tertiary/aromatic N) is 3. The summed E-state index contributed by atoms with van der Waals surface area (Å²) in [6, 6.07) is 1.86. The van der Waals surface area contributed by atoms with Crippen molar-refractivity contribution in [3.8, 4) is 0 Å². The zero-order valence-electron chi connectivity index (χ0n) is 11.7. The molecule has 0 spiro atoms. The first kappa shape index (κ1) is 13.6. The molecule has 3 rings (SSSR count). The minimum absolute atomic E-state index is 0.0907. The molecule has 0 radical (unpaired) electrons. The number of aliphatic hydroxyl groups is 1. The molecule has 1 aromatic heterocycles. The van der Waals surface area contributed by atoms with Crippen LogP contribution in [0, 0.1) is 0 Å². The Morgan fingerprint density at radius 2 is 2.00 bits per heavy atom. The summed E-state index contributed by atoms with van der Waals surface area (Å²) in [6.45, 7) is 2.34. The Kier molecular flexibility index (Phi) is 4.03. The van der Waals surface area contributed by atoms with Crippen LogP contribution in [0.25, 0.3) is 0 Å². The largest absolute Gasteiger partial charge is 0.394 e. The molecule has 20 heavy (non-hydrogen) atoms. The lowest BCUT2D eigenvalue weighted by Gasteiger charge is -2.32. The summed E-state index contributed by atoms with van der Waals surface area (Å²) in [5.41, 5.74) is 5.89. The van der Waals surface area contributed by atoms with Crippen LogP contribution in [-0.4, -0.2) is 47.5 Å². The van der Waals surface area contributed by atoms with E-state index in [2.05, 4.69) is 14.9 Å². The molecule has 0 amide bonds. The van der Waals surface area contributed by atoms with Gasteiger partial charge in [-0.2, -0.15) is 0 Å². The molecule has 1 saturated carbocycles. The molecule has 0 unspecified atom stereocenters. The van der Waals surface area contributed by atoms with Gasteiger partial charge in [-0.25, -0.2) is 9.97 Å². The zero-order chi connectivity index (χ0) is 13.9. The molecule has 2 fully saturated rings. The molecule has 110 valence electrons. The van der Waals surface area contributed by atoms with Crippen molar-refractivity contribution in [2.45, 2.75) is 37.7 Å². The number of aromatic nitrogens is 2. The van der Waals surface area contributed by atoms with Crippen molar-refractivity contribution in [1.82, 2.24) is 9.97 Å². The van der Waals surface area contributed by atoms with E-state index in [9.17, 15) is 0 Å². The number of rotatable bonds is 5. The Hall–Kier alpha value is -1.40. The SMILES string of the molecule is Nc1cc(N2CCC(OCCO)CC2)nc(C2CC2)n1. The Morgan fingerprint density at radius 1 is 1.25 bits per heavy atom. The molecule has 1 aliphatic carbocycles. The van der Waals surface area contributed by atoms with Gasteiger partial charge in [-0.3, -0.25) is 0 Å². The molecule has 2 aliphatic rings. The topological polar surface area (TPSA) is 84.5 Å². The van der Waals surface area contributed by atoms with Crippen molar-refractivity contribution < 1.29 is 9.84 Å². The Labute approximate surface area is 119 Å². The quantitative estimate of drug-likeness (QED) is 0.833. The Bertz CT molecular complexity index is 456. The van der Waals surface area contributed by atoms with Gasteiger partial charge in [0.2, 0.25) is 0 Å². The average Bonchev–Trinajstić information content (AvgIpc) is 3.29. The minimum Gasteiger partial charge on any atom is -0.394 e. The second kappa shape index (κ2) is 5.93. The van der Waals surface area contributed by atoms with E-state index in [1.165, 1.54) is 12.8 Å². The first-order valence-corrected chi connectivity index (χ1v) is 7.38. The second-order valence-corrected chi connectivity index (χ2v) is 5.56. The monoisotopic (exact) mass is 278 g/mol. The van der Waals surface area contributed by atoms with E-state index in [0.717, 1.165) is 37.6 Å². The minimum atomic E-state index is 0.0907. The zero-order valence-corrected chi connectivity index (χ0v) is 11.7. The lowest BCUT2D eigenvalue weighted by atomic mass is 10.1. The number of nitrogen functional groups attached to an aromatic ring is 1. The van der Waals surface area contributed by atoms with Crippen LogP contribution in [0.2, 0.25) is 0 Å². The van der Waals surface area contributed by atoms with E-state index in [0.29, 0.717) is 18.3 Å². The molecule has 0 atom stereocenters. The summed E-state index contributed by atoms with van der Waals surface area (Å²) in [6.07, 6.45) is 4.53. The van der Waals surface area contributed by atoms with Crippen LogP contribution in [0.1, 0.15) is 37.4 Å². The number of aliphatic hydroxyl groups excluding tert-OH is 1. The first-order valence-electron chi connectivity index (χ1n) is 7.38. The molecular weight excluding hydrogens is 256 g/mol. The number of ether oxygens (including phenoxy) is 1. The molecule has 1 aliphatic heterocycles. The molecule has 6 nitrogen and oxygen atoms in total. The fourth-order valence-corrected chi connectivity index (χ4v) is 2.63. The first-order chi connectivity index (χ1) is 9.76. The van der Waals surface area contributed by atoms with E-state index in [1.807, 2.05) is 6.07 Å². The van der Waals surface area contributed by atoms with Crippen LogP contribution in [0.4, 0.5) is 11.6 Å². The standard InChI is InChI=1S/C14H22N4O2/c15-12-9-13(17-14(16-12)10-1-2-10)18-5-3-11(4-6-18)20-8-7-19/h9-11,19H,1-8H2,(H2,15,16,17). The van der Waals surface area contributed by atoms with Gasteiger partial charge in [0.1, 0.15) is 17.5 Å². The van der Waals surface area contributed by atoms with Gasteiger partial charge in [-0.05, 0) is 25.7 Å². The number of nitrogens with two attached hydrogens (primary N) is 1. The predicted molar refractivity (Wildman–Crippen MR) is 76.7 cm³/mol. The molecule has 3 N–H and O–H groups in total. The third-order valence-corrected chi connectivity index (χ3v) is 3.90. The maximum atomic E-state index is 8.78. The molecule has 0 bridgehead atoms. The van der Waals surface area contributed by atoms with E-state index < -0.39 is 0 Å². The van der Waals surface area contributed by atoms with Crippen molar-refractivity contribution in [3.05, 3.63) is 11.9 Å². The van der Waals surface area contributed by atoms with Gasteiger partial charge in [0, 0.05) is 25.1 Å².